The Kier molecular flexibility index (Phi) is 6.38. The van der Waals surface area contributed by atoms with E-state index in [1.165, 1.54) is 11.8 Å². The van der Waals surface area contributed by atoms with Crippen molar-refractivity contribution in [3.8, 4) is 0 Å². The van der Waals surface area contributed by atoms with Crippen molar-refractivity contribution >= 4 is 29.4 Å². The van der Waals surface area contributed by atoms with Gasteiger partial charge in [-0.2, -0.15) is 0 Å². The predicted molar refractivity (Wildman–Crippen MR) is 107 cm³/mol. The summed E-state index contributed by atoms with van der Waals surface area (Å²) in [6.07, 6.45) is 1.63. The summed E-state index contributed by atoms with van der Waals surface area (Å²) in [5.74, 6) is 0.984. The molecule has 144 valence electrons. The molecule has 0 fully saturated rings. The number of thioether (sulfide) groups is 1. The minimum absolute atomic E-state index is 0.172. The molecule has 0 saturated heterocycles. The van der Waals surface area contributed by atoms with Gasteiger partial charge in [-0.15, -0.1) is 10.2 Å². The van der Waals surface area contributed by atoms with Crippen molar-refractivity contribution < 1.29 is 9.59 Å². The molecule has 2 amide bonds. The van der Waals surface area contributed by atoms with Gasteiger partial charge in [0.2, 0.25) is 5.91 Å². The molecule has 0 radical (unpaired) electrons. The molecule has 28 heavy (non-hydrogen) atoms. The number of carbonyl (C=O) groups is 2. The van der Waals surface area contributed by atoms with Crippen molar-refractivity contribution in [1.29, 1.82) is 0 Å². The Morgan fingerprint density at radius 1 is 1.11 bits per heavy atom. The molecule has 0 bridgehead atoms. The molecule has 0 spiro atoms. The highest BCUT2D eigenvalue weighted by Gasteiger charge is 2.13. The molecule has 3 aromatic rings. The summed E-state index contributed by atoms with van der Waals surface area (Å²) < 4.78 is 1.76. The fourth-order valence-corrected chi connectivity index (χ4v) is 3.12. The highest BCUT2D eigenvalue weighted by molar-refractivity contribution is 7.99. The lowest BCUT2D eigenvalue weighted by Crippen LogP contribution is -2.24. The van der Waals surface area contributed by atoms with Crippen LogP contribution in [0.5, 0.6) is 0 Å². The van der Waals surface area contributed by atoms with Crippen LogP contribution in [0.2, 0.25) is 0 Å². The number of aromatic nitrogens is 4. The van der Waals surface area contributed by atoms with Gasteiger partial charge in [0.1, 0.15) is 5.82 Å². The lowest BCUT2D eigenvalue weighted by Gasteiger charge is -2.07. The van der Waals surface area contributed by atoms with Crippen molar-refractivity contribution in [2.75, 3.05) is 11.1 Å². The topological polar surface area (TPSA) is 102 Å². The largest absolute Gasteiger partial charge is 0.345 e. The van der Waals surface area contributed by atoms with E-state index in [4.69, 9.17) is 0 Å². The number of nitrogens with one attached hydrogen (secondary N) is 2. The molecule has 0 aliphatic heterocycles. The lowest BCUT2D eigenvalue weighted by atomic mass is 10.2. The number of carbonyl (C=O) groups excluding carboxylic acids is 2. The van der Waals surface area contributed by atoms with Crippen molar-refractivity contribution in [3.63, 3.8) is 0 Å². The second kappa shape index (κ2) is 9.14. The van der Waals surface area contributed by atoms with Gasteiger partial charge in [-0.3, -0.25) is 9.59 Å². The molecule has 9 heteroatoms. The fraction of sp³-hybridized carbons (Fsp3) is 0.211. The maximum Gasteiger partial charge on any atom is 0.251 e. The Labute approximate surface area is 166 Å². The molecule has 0 aliphatic carbocycles. The molecule has 8 nitrogen and oxygen atoms in total. The molecular weight excluding hydrogens is 376 g/mol. The standard InChI is InChI=1S/C19H20N6O2S/c1-13-7-6-10-20-17(13)22-16(26)12-28-19-24-23-15(25(19)2)11-21-18(27)14-8-4-3-5-9-14/h3-10H,11-12H2,1-2H3,(H,21,27)(H,20,22,26). The minimum Gasteiger partial charge on any atom is -0.345 e. The Morgan fingerprint density at radius 2 is 1.89 bits per heavy atom. The third-order valence-corrected chi connectivity index (χ3v) is 4.99. The zero-order valence-corrected chi connectivity index (χ0v) is 16.4. The average molecular weight is 396 g/mol. The summed E-state index contributed by atoms with van der Waals surface area (Å²) in [6, 6.07) is 12.7. The fourth-order valence-electron chi connectivity index (χ4n) is 2.39. The zero-order valence-electron chi connectivity index (χ0n) is 15.5. The van der Waals surface area contributed by atoms with Crippen LogP contribution in [-0.4, -0.2) is 37.3 Å². The Morgan fingerprint density at radius 3 is 2.64 bits per heavy atom. The first-order valence-corrected chi connectivity index (χ1v) is 9.59. The quantitative estimate of drug-likeness (QED) is 0.594. The van der Waals surface area contributed by atoms with Gasteiger partial charge in [0.15, 0.2) is 11.0 Å². The minimum atomic E-state index is -0.178. The zero-order chi connectivity index (χ0) is 19.9. The third kappa shape index (κ3) is 4.95. The van der Waals surface area contributed by atoms with Crippen LogP contribution in [0.3, 0.4) is 0 Å². The molecule has 2 aromatic heterocycles. The van der Waals surface area contributed by atoms with E-state index < -0.39 is 0 Å². The summed E-state index contributed by atoms with van der Waals surface area (Å²) in [4.78, 5) is 28.4. The Balaban J connectivity index is 1.52. The number of anilines is 1. The van der Waals surface area contributed by atoms with E-state index in [0.717, 1.165) is 5.56 Å². The SMILES string of the molecule is Cc1cccnc1NC(=O)CSc1nnc(CNC(=O)c2ccccc2)n1C. The number of benzene rings is 1. The van der Waals surface area contributed by atoms with Gasteiger partial charge in [0.05, 0.1) is 12.3 Å². The van der Waals surface area contributed by atoms with E-state index >= 15 is 0 Å². The van der Waals surface area contributed by atoms with Crippen LogP contribution in [0.15, 0.2) is 53.8 Å². The normalized spacial score (nSPS) is 10.5. The van der Waals surface area contributed by atoms with Crippen LogP contribution in [0.1, 0.15) is 21.7 Å². The first kappa shape index (κ1) is 19.6. The number of hydrogen-bond acceptors (Lipinski definition) is 6. The van der Waals surface area contributed by atoms with Gasteiger partial charge in [-0.1, -0.05) is 36.0 Å². The maximum atomic E-state index is 12.1. The Bertz CT molecular complexity index is 974. The Hall–Kier alpha value is -3.20. The molecule has 0 unspecified atom stereocenters. The summed E-state index contributed by atoms with van der Waals surface area (Å²) in [6.45, 7) is 2.13. The second-order valence-electron chi connectivity index (χ2n) is 6.01. The van der Waals surface area contributed by atoms with Gasteiger partial charge in [0, 0.05) is 18.8 Å². The third-order valence-electron chi connectivity index (χ3n) is 3.97. The number of pyridine rings is 1. The van der Waals surface area contributed by atoms with Crippen molar-refractivity contribution in [2.24, 2.45) is 7.05 Å². The summed E-state index contributed by atoms with van der Waals surface area (Å²) in [7, 11) is 1.80. The van der Waals surface area contributed by atoms with Gasteiger partial charge in [-0.05, 0) is 30.7 Å². The van der Waals surface area contributed by atoms with Crippen molar-refractivity contribution in [1.82, 2.24) is 25.1 Å². The van der Waals surface area contributed by atoms with Crippen molar-refractivity contribution in [3.05, 3.63) is 65.6 Å². The monoisotopic (exact) mass is 396 g/mol. The molecule has 2 N–H and O–H groups in total. The van der Waals surface area contributed by atoms with E-state index in [2.05, 4.69) is 25.8 Å². The molecular formula is C19H20N6O2S. The summed E-state index contributed by atoms with van der Waals surface area (Å²) >= 11 is 1.27. The summed E-state index contributed by atoms with van der Waals surface area (Å²) in [5.41, 5.74) is 1.48. The van der Waals surface area contributed by atoms with Crippen molar-refractivity contribution in [2.45, 2.75) is 18.6 Å². The maximum absolute atomic E-state index is 12.1. The number of hydrogen-bond donors (Lipinski definition) is 2. The average Bonchev–Trinajstić information content (AvgIpc) is 3.06. The molecule has 0 aliphatic rings. The van der Waals surface area contributed by atoms with Crippen LogP contribution in [0, 0.1) is 6.92 Å². The summed E-state index contributed by atoms with van der Waals surface area (Å²) in [5, 5.41) is 14.4. The molecule has 0 saturated carbocycles. The smallest absolute Gasteiger partial charge is 0.251 e. The molecule has 0 atom stereocenters. The van der Waals surface area contributed by atoms with Gasteiger partial charge >= 0.3 is 0 Å². The van der Waals surface area contributed by atoms with E-state index in [-0.39, 0.29) is 24.1 Å². The van der Waals surface area contributed by atoms with E-state index in [1.807, 2.05) is 37.3 Å². The molecule has 2 heterocycles. The number of rotatable bonds is 7. The first-order chi connectivity index (χ1) is 13.5. The van der Waals surface area contributed by atoms with Crippen LogP contribution in [0.25, 0.3) is 0 Å². The van der Waals surface area contributed by atoms with Crippen LogP contribution >= 0.6 is 11.8 Å². The highest BCUT2D eigenvalue weighted by Crippen LogP contribution is 2.17. The number of amides is 2. The van der Waals surface area contributed by atoms with Crippen LogP contribution < -0.4 is 10.6 Å². The van der Waals surface area contributed by atoms with Crippen LogP contribution in [0.4, 0.5) is 5.82 Å². The highest BCUT2D eigenvalue weighted by atomic mass is 32.2. The van der Waals surface area contributed by atoms with E-state index in [0.29, 0.717) is 22.4 Å². The van der Waals surface area contributed by atoms with Gasteiger partial charge < -0.3 is 15.2 Å². The van der Waals surface area contributed by atoms with E-state index in [9.17, 15) is 9.59 Å². The van der Waals surface area contributed by atoms with Gasteiger partial charge in [-0.25, -0.2) is 4.98 Å². The molecule has 3 rings (SSSR count). The lowest BCUT2D eigenvalue weighted by molar-refractivity contribution is -0.113. The number of nitrogens with zero attached hydrogens (tertiary/aromatic N) is 4. The predicted octanol–water partition coefficient (Wildman–Crippen LogP) is 2.18. The van der Waals surface area contributed by atoms with E-state index in [1.54, 1.807) is 29.9 Å². The van der Waals surface area contributed by atoms with Crippen LogP contribution in [-0.2, 0) is 18.4 Å². The number of aryl methyl sites for hydroxylation is 1. The molecule has 1 aromatic carbocycles. The van der Waals surface area contributed by atoms with Gasteiger partial charge in [0.25, 0.3) is 5.91 Å². The first-order valence-electron chi connectivity index (χ1n) is 8.60. The second-order valence-corrected chi connectivity index (χ2v) is 6.95.